The van der Waals surface area contributed by atoms with Crippen LogP contribution in [-0.2, 0) is 0 Å². The molecule has 2 aromatic heterocycles. The Morgan fingerprint density at radius 3 is 2.88 bits per heavy atom. The molecule has 124 valence electrons. The highest BCUT2D eigenvalue weighted by atomic mass is 16.1. The topological polar surface area (TPSA) is 90.7 Å². The van der Waals surface area contributed by atoms with Crippen LogP contribution < -0.4 is 10.6 Å². The van der Waals surface area contributed by atoms with Gasteiger partial charge in [0.1, 0.15) is 11.9 Å². The van der Waals surface area contributed by atoms with Crippen LogP contribution in [0.25, 0.3) is 10.9 Å². The second kappa shape index (κ2) is 7.41. The molecule has 0 fully saturated rings. The molecule has 0 atom stereocenters. The van der Waals surface area contributed by atoms with Gasteiger partial charge in [-0.25, -0.2) is 4.98 Å². The molecule has 6 nitrogen and oxygen atoms in total. The van der Waals surface area contributed by atoms with E-state index in [0.717, 1.165) is 16.5 Å². The number of amides is 1. The number of nitriles is 1. The molecule has 0 aliphatic carbocycles. The van der Waals surface area contributed by atoms with Crippen molar-refractivity contribution in [3.63, 3.8) is 0 Å². The van der Waals surface area contributed by atoms with Gasteiger partial charge in [0, 0.05) is 30.9 Å². The lowest BCUT2D eigenvalue weighted by Gasteiger charge is -2.10. The zero-order valence-electron chi connectivity index (χ0n) is 13.8. The molecular weight excluding hydrogens is 314 g/mol. The van der Waals surface area contributed by atoms with Crippen LogP contribution >= 0.6 is 0 Å². The highest BCUT2D eigenvalue weighted by Gasteiger charge is 2.08. The van der Waals surface area contributed by atoms with Gasteiger partial charge in [0.15, 0.2) is 0 Å². The fourth-order valence-electron chi connectivity index (χ4n) is 2.52. The van der Waals surface area contributed by atoms with Gasteiger partial charge in [-0.05, 0) is 30.7 Å². The normalized spacial score (nSPS) is 10.2. The molecule has 2 N–H and O–H groups in total. The number of carbonyl (C=O) groups is 1. The SMILES string of the molecule is Cc1cccc2cc(C#N)c(NCCNC(=O)c3cccnc3)nc12. The van der Waals surface area contributed by atoms with Crippen molar-refractivity contribution in [3.05, 3.63) is 65.5 Å². The molecule has 3 aromatic rings. The molecule has 0 unspecified atom stereocenters. The third-order valence-corrected chi connectivity index (χ3v) is 3.79. The number of benzene rings is 1. The summed E-state index contributed by atoms with van der Waals surface area (Å²) in [5.74, 6) is 0.345. The predicted octanol–water partition coefficient (Wildman–Crippen LogP) is 2.65. The fraction of sp³-hybridized carbons (Fsp3) is 0.158. The zero-order chi connectivity index (χ0) is 17.6. The number of carbonyl (C=O) groups excluding carboxylic acids is 1. The van der Waals surface area contributed by atoms with Gasteiger partial charge < -0.3 is 10.6 Å². The number of nitrogens with zero attached hydrogens (tertiary/aromatic N) is 3. The maximum absolute atomic E-state index is 12.0. The van der Waals surface area contributed by atoms with E-state index in [1.54, 1.807) is 18.3 Å². The number of nitrogens with one attached hydrogen (secondary N) is 2. The molecular formula is C19H17N5O. The van der Waals surface area contributed by atoms with Crippen molar-refractivity contribution >= 4 is 22.6 Å². The number of anilines is 1. The monoisotopic (exact) mass is 331 g/mol. The van der Waals surface area contributed by atoms with Gasteiger partial charge in [-0.1, -0.05) is 18.2 Å². The van der Waals surface area contributed by atoms with Crippen LogP contribution in [0, 0.1) is 18.3 Å². The van der Waals surface area contributed by atoms with Crippen LogP contribution in [0.3, 0.4) is 0 Å². The van der Waals surface area contributed by atoms with Crippen molar-refractivity contribution in [1.82, 2.24) is 15.3 Å². The number of para-hydroxylation sites is 1. The molecule has 0 aliphatic rings. The first-order chi connectivity index (χ1) is 12.2. The highest BCUT2D eigenvalue weighted by molar-refractivity contribution is 5.93. The number of pyridine rings is 2. The number of hydrogen-bond acceptors (Lipinski definition) is 5. The maximum atomic E-state index is 12.0. The first kappa shape index (κ1) is 16.4. The van der Waals surface area contributed by atoms with E-state index in [2.05, 4.69) is 26.7 Å². The maximum Gasteiger partial charge on any atom is 0.252 e. The van der Waals surface area contributed by atoms with Crippen LogP contribution in [-0.4, -0.2) is 29.0 Å². The molecule has 0 spiro atoms. The van der Waals surface area contributed by atoms with Crippen LogP contribution in [0.15, 0.2) is 48.8 Å². The van der Waals surface area contributed by atoms with Gasteiger partial charge in [0.2, 0.25) is 0 Å². The Bertz CT molecular complexity index is 947. The molecule has 2 heterocycles. The van der Waals surface area contributed by atoms with E-state index in [1.807, 2.05) is 31.2 Å². The molecule has 1 amide bonds. The molecule has 3 rings (SSSR count). The Morgan fingerprint density at radius 2 is 2.12 bits per heavy atom. The third kappa shape index (κ3) is 3.72. The summed E-state index contributed by atoms with van der Waals surface area (Å²) in [4.78, 5) is 20.4. The summed E-state index contributed by atoms with van der Waals surface area (Å²) >= 11 is 0. The molecule has 25 heavy (non-hydrogen) atoms. The minimum absolute atomic E-state index is 0.183. The van der Waals surface area contributed by atoms with E-state index < -0.39 is 0 Å². The molecule has 0 aliphatic heterocycles. The molecule has 0 saturated heterocycles. The van der Waals surface area contributed by atoms with Gasteiger partial charge >= 0.3 is 0 Å². The number of aromatic nitrogens is 2. The zero-order valence-corrected chi connectivity index (χ0v) is 13.8. The van der Waals surface area contributed by atoms with Crippen LogP contribution in [0.1, 0.15) is 21.5 Å². The summed E-state index contributed by atoms with van der Waals surface area (Å²) in [7, 11) is 0. The van der Waals surface area contributed by atoms with E-state index in [4.69, 9.17) is 0 Å². The molecule has 1 aromatic carbocycles. The Morgan fingerprint density at radius 1 is 1.24 bits per heavy atom. The van der Waals surface area contributed by atoms with E-state index in [0.29, 0.717) is 30.0 Å². The predicted molar refractivity (Wildman–Crippen MR) is 96.3 cm³/mol. The number of fused-ring (bicyclic) bond motifs is 1. The van der Waals surface area contributed by atoms with Crippen molar-refractivity contribution < 1.29 is 4.79 Å². The van der Waals surface area contributed by atoms with E-state index in [9.17, 15) is 10.1 Å². The highest BCUT2D eigenvalue weighted by Crippen LogP contribution is 2.22. The molecule has 0 saturated carbocycles. The summed E-state index contributed by atoms with van der Waals surface area (Å²) < 4.78 is 0. The first-order valence-corrected chi connectivity index (χ1v) is 7.91. The number of aryl methyl sites for hydroxylation is 1. The fourth-order valence-corrected chi connectivity index (χ4v) is 2.52. The number of hydrogen-bond donors (Lipinski definition) is 2. The van der Waals surface area contributed by atoms with E-state index in [-0.39, 0.29) is 5.91 Å². The summed E-state index contributed by atoms with van der Waals surface area (Å²) in [6, 6.07) is 13.3. The Hall–Kier alpha value is -3.46. The van der Waals surface area contributed by atoms with Gasteiger partial charge in [0.25, 0.3) is 5.91 Å². The van der Waals surface area contributed by atoms with Crippen LogP contribution in [0.5, 0.6) is 0 Å². The Labute approximate surface area is 145 Å². The Kier molecular flexibility index (Phi) is 4.86. The quantitative estimate of drug-likeness (QED) is 0.701. The summed E-state index contributed by atoms with van der Waals surface area (Å²) in [6.07, 6.45) is 3.14. The summed E-state index contributed by atoms with van der Waals surface area (Å²) in [6.45, 7) is 2.86. The lowest BCUT2D eigenvalue weighted by molar-refractivity contribution is 0.0955. The van der Waals surface area contributed by atoms with Gasteiger partial charge in [-0.3, -0.25) is 9.78 Å². The summed E-state index contributed by atoms with van der Waals surface area (Å²) in [5, 5.41) is 16.2. The van der Waals surface area contributed by atoms with E-state index in [1.165, 1.54) is 6.20 Å². The first-order valence-electron chi connectivity index (χ1n) is 7.91. The van der Waals surface area contributed by atoms with Crippen molar-refractivity contribution in [2.75, 3.05) is 18.4 Å². The van der Waals surface area contributed by atoms with Gasteiger partial charge in [0.05, 0.1) is 16.6 Å². The molecule has 0 radical (unpaired) electrons. The lowest BCUT2D eigenvalue weighted by atomic mass is 10.1. The largest absolute Gasteiger partial charge is 0.367 e. The van der Waals surface area contributed by atoms with E-state index >= 15 is 0 Å². The van der Waals surface area contributed by atoms with Crippen molar-refractivity contribution in [2.45, 2.75) is 6.92 Å². The van der Waals surface area contributed by atoms with Crippen molar-refractivity contribution in [3.8, 4) is 6.07 Å². The minimum atomic E-state index is -0.183. The molecule has 6 heteroatoms. The van der Waals surface area contributed by atoms with Crippen LogP contribution in [0.2, 0.25) is 0 Å². The number of rotatable bonds is 5. The standard InChI is InChI=1S/C19H17N5O/c1-13-4-2-5-14-10-16(11-20)18(24-17(13)14)22-8-9-23-19(25)15-6-3-7-21-12-15/h2-7,10,12H,8-9H2,1H3,(H,22,24)(H,23,25). The minimum Gasteiger partial charge on any atom is -0.367 e. The second-order valence-electron chi connectivity index (χ2n) is 5.57. The van der Waals surface area contributed by atoms with Crippen molar-refractivity contribution in [2.24, 2.45) is 0 Å². The van der Waals surface area contributed by atoms with Gasteiger partial charge in [-0.2, -0.15) is 5.26 Å². The average Bonchev–Trinajstić information content (AvgIpc) is 2.65. The lowest BCUT2D eigenvalue weighted by Crippen LogP contribution is -2.29. The smallest absolute Gasteiger partial charge is 0.252 e. The second-order valence-corrected chi connectivity index (χ2v) is 5.57. The van der Waals surface area contributed by atoms with Crippen LogP contribution in [0.4, 0.5) is 5.82 Å². The average molecular weight is 331 g/mol. The van der Waals surface area contributed by atoms with Gasteiger partial charge in [-0.15, -0.1) is 0 Å². The summed E-state index contributed by atoms with van der Waals surface area (Å²) in [5.41, 5.74) is 2.91. The van der Waals surface area contributed by atoms with Crippen molar-refractivity contribution in [1.29, 1.82) is 5.26 Å². The molecule has 0 bridgehead atoms. The third-order valence-electron chi connectivity index (χ3n) is 3.79. The Balaban J connectivity index is 1.66.